The van der Waals surface area contributed by atoms with E-state index in [1.165, 1.54) is 18.5 Å². The molecule has 2 amide bonds. The molecule has 0 saturated carbocycles. The summed E-state index contributed by atoms with van der Waals surface area (Å²) in [6, 6.07) is 3.94. The molecule has 1 aliphatic heterocycles. The SMILES string of the molecule is CCCCN1CCn2nc(CNC(=O)NCc3cnc(C)cc3C)cc2C1. The number of pyridine rings is 1. The molecule has 7 heteroatoms. The summed E-state index contributed by atoms with van der Waals surface area (Å²) in [7, 11) is 0. The zero-order chi connectivity index (χ0) is 19.2. The first-order valence-corrected chi connectivity index (χ1v) is 9.77. The lowest BCUT2D eigenvalue weighted by Gasteiger charge is -2.27. The smallest absolute Gasteiger partial charge is 0.315 e. The average molecular weight is 371 g/mol. The van der Waals surface area contributed by atoms with Crippen molar-refractivity contribution >= 4 is 6.03 Å². The van der Waals surface area contributed by atoms with Crippen LogP contribution in [0.1, 0.15) is 48.0 Å². The van der Waals surface area contributed by atoms with Gasteiger partial charge in [0.2, 0.25) is 0 Å². The molecule has 0 saturated heterocycles. The van der Waals surface area contributed by atoms with Crippen LogP contribution in [0, 0.1) is 13.8 Å². The summed E-state index contributed by atoms with van der Waals surface area (Å²) in [6.07, 6.45) is 4.27. The molecular formula is C20H30N6O. The lowest BCUT2D eigenvalue weighted by Crippen LogP contribution is -2.35. The standard InChI is InChI=1S/C20H30N6O/c1-4-5-6-25-7-8-26-19(14-25)10-18(24-26)13-23-20(27)22-12-17-11-21-16(3)9-15(17)2/h9-11H,4-8,12-14H2,1-3H3,(H2,22,23,27). The van der Waals surface area contributed by atoms with E-state index in [0.29, 0.717) is 13.1 Å². The fourth-order valence-corrected chi connectivity index (χ4v) is 3.36. The zero-order valence-electron chi connectivity index (χ0n) is 16.6. The highest BCUT2D eigenvalue weighted by Crippen LogP contribution is 2.14. The van der Waals surface area contributed by atoms with Crippen LogP contribution in [-0.4, -0.2) is 38.8 Å². The van der Waals surface area contributed by atoms with Crippen molar-refractivity contribution in [3.05, 3.63) is 46.5 Å². The number of urea groups is 1. The molecule has 0 atom stereocenters. The van der Waals surface area contributed by atoms with Gasteiger partial charge in [0, 0.05) is 31.5 Å². The molecule has 2 aromatic rings. The fraction of sp³-hybridized carbons (Fsp3) is 0.550. The maximum absolute atomic E-state index is 12.1. The molecule has 1 aliphatic rings. The molecule has 0 unspecified atom stereocenters. The Morgan fingerprint density at radius 3 is 2.78 bits per heavy atom. The van der Waals surface area contributed by atoms with Gasteiger partial charge in [0.05, 0.1) is 24.5 Å². The number of aromatic nitrogens is 3. The van der Waals surface area contributed by atoms with E-state index in [-0.39, 0.29) is 6.03 Å². The van der Waals surface area contributed by atoms with E-state index in [2.05, 4.69) is 43.3 Å². The number of carbonyl (C=O) groups excluding carboxylic acids is 1. The molecule has 2 aromatic heterocycles. The molecule has 146 valence electrons. The lowest BCUT2D eigenvalue weighted by molar-refractivity contribution is 0.210. The van der Waals surface area contributed by atoms with Gasteiger partial charge in [-0.1, -0.05) is 13.3 Å². The Labute approximate surface area is 161 Å². The van der Waals surface area contributed by atoms with E-state index in [0.717, 1.165) is 48.7 Å². The van der Waals surface area contributed by atoms with Crippen molar-refractivity contribution in [1.82, 2.24) is 30.3 Å². The predicted octanol–water partition coefficient (Wildman–Crippen LogP) is 2.51. The van der Waals surface area contributed by atoms with Crippen molar-refractivity contribution in [3.8, 4) is 0 Å². The second-order valence-corrected chi connectivity index (χ2v) is 7.27. The second kappa shape index (κ2) is 8.99. The number of hydrogen-bond acceptors (Lipinski definition) is 4. The molecule has 3 heterocycles. The van der Waals surface area contributed by atoms with Crippen LogP contribution in [0.4, 0.5) is 4.79 Å². The summed E-state index contributed by atoms with van der Waals surface area (Å²) in [4.78, 5) is 18.9. The Hall–Kier alpha value is -2.41. The molecule has 0 aliphatic carbocycles. The third kappa shape index (κ3) is 5.29. The van der Waals surface area contributed by atoms with Crippen LogP contribution in [0.15, 0.2) is 18.3 Å². The normalized spacial score (nSPS) is 14.0. The molecule has 2 N–H and O–H groups in total. The average Bonchev–Trinajstić information content (AvgIpc) is 3.06. The number of aryl methyl sites for hydroxylation is 2. The quantitative estimate of drug-likeness (QED) is 0.785. The largest absolute Gasteiger partial charge is 0.334 e. The van der Waals surface area contributed by atoms with Gasteiger partial charge >= 0.3 is 6.03 Å². The minimum absolute atomic E-state index is 0.189. The van der Waals surface area contributed by atoms with Crippen LogP contribution < -0.4 is 10.6 Å². The van der Waals surface area contributed by atoms with Crippen molar-refractivity contribution in [2.75, 3.05) is 13.1 Å². The monoisotopic (exact) mass is 370 g/mol. The minimum Gasteiger partial charge on any atom is -0.334 e. The molecule has 0 spiro atoms. The van der Waals surface area contributed by atoms with Crippen LogP contribution in [-0.2, 0) is 26.2 Å². The number of rotatable bonds is 7. The summed E-state index contributed by atoms with van der Waals surface area (Å²) in [6.45, 7) is 11.2. The van der Waals surface area contributed by atoms with Gasteiger partial charge in [-0.3, -0.25) is 14.6 Å². The number of carbonyl (C=O) groups is 1. The first-order chi connectivity index (χ1) is 13.0. The highest BCUT2D eigenvalue weighted by atomic mass is 16.2. The van der Waals surface area contributed by atoms with Crippen molar-refractivity contribution in [3.63, 3.8) is 0 Å². The molecule has 3 rings (SSSR count). The van der Waals surface area contributed by atoms with Crippen LogP contribution in [0.2, 0.25) is 0 Å². The zero-order valence-corrected chi connectivity index (χ0v) is 16.6. The summed E-state index contributed by atoms with van der Waals surface area (Å²) in [5.41, 5.74) is 5.29. The second-order valence-electron chi connectivity index (χ2n) is 7.27. The number of fused-ring (bicyclic) bond motifs is 1. The van der Waals surface area contributed by atoms with Gasteiger partial charge in [-0.05, 0) is 50.1 Å². The summed E-state index contributed by atoms with van der Waals surface area (Å²) >= 11 is 0. The number of unbranched alkanes of at least 4 members (excludes halogenated alkanes) is 1. The maximum atomic E-state index is 12.1. The van der Waals surface area contributed by atoms with Gasteiger partial charge in [-0.15, -0.1) is 0 Å². The number of nitrogens with one attached hydrogen (secondary N) is 2. The van der Waals surface area contributed by atoms with Gasteiger partial charge in [-0.25, -0.2) is 4.79 Å². The Kier molecular flexibility index (Phi) is 6.45. The molecule has 0 aromatic carbocycles. The van der Waals surface area contributed by atoms with E-state index >= 15 is 0 Å². The van der Waals surface area contributed by atoms with Crippen molar-refractivity contribution in [2.24, 2.45) is 0 Å². The van der Waals surface area contributed by atoms with Gasteiger partial charge in [0.25, 0.3) is 0 Å². The van der Waals surface area contributed by atoms with E-state index < -0.39 is 0 Å². The summed E-state index contributed by atoms with van der Waals surface area (Å²) < 4.78 is 2.07. The number of hydrogen-bond donors (Lipinski definition) is 2. The van der Waals surface area contributed by atoms with Crippen molar-refractivity contribution in [1.29, 1.82) is 0 Å². The molecule has 0 fully saturated rings. The third-order valence-corrected chi connectivity index (χ3v) is 4.98. The highest BCUT2D eigenvalue weighted by molar-refractivity contribution is 5.73. The topological polar surface area (TPSA) is 75.1 Å². The Morgan fingerprint density at radius 1 is 1.19 bits per heavy atom. The first kappa shape index (κ1) is 19.4. The van der Waals surface area contributed by atoms with E-state index in [9.17, 15) is 4.79 Å². The first-order valence-electron chi connectivity index (χ1n) is 9.77. The molecule has 27 heavy (non-hydrogen) atoms. The molecule has 0 bridgehead atoms. The fourth-order valence-electron chi connectivity index (χ4n) is 3.36. The molecule has 7 nitrogen and oxygen atoms in total. The van der Waals surface area contributed by atoms with Gasteiger partial charge < -0.3 is 10.6 Å². The summed E-state index contributed by atoms with van der Waals surface area (Å²) in [5.74, 6) is 0. The molecule has 0 radical (unpaired) electrons. The Morgan fingerprint density at radius 2 is 2.00 bits per heavy atom. The predicted molar refractivity (Wildman–Crippen MR) is 105 cm³/mol. The van der Waals surface area contributed by atoms with Crippen molar-refractivity contribution < 1.29 is 4.79 Å². The Bertz CT molecular complexity index is 785. The maximum Gasteiger partial charge on any atom is 0.315 e. The van der Waals surface area contributed by atoms with Crippen LogP contribution >= 0.6 is 0 Å². The van der Waals surface area contributed by atoms with Crippen molar-refractivity contribution in [2.45, 2.75) is 59.8 Å². The van der Waals surface area contributed by atoms with E-state index in [1.54, 1.807) is 0 Å². The Balaban J connectivity index is 1.46. The van der Waals surface area contributed by atoms with E-state index in [4.69, 9.17) is 0 Å². The van der Waals surface area contributed by atoms with E-state index in [1.807, 2.05) is 26.1 Å². The lowest BCUT2D eigenvalue weighted by atomic mass is 10.1. The third-order valence-electron chi connectivity index (χ3n) is 4.98. The van der Waals surface area contributed by atoms with Crippen LogP contribution in [0.3, 0.4) is 0 Å². The van der Waals surface area contributed by atoms with Crippen LogP contribution in [0.5, 0.6) is 0 Å². The number of amides is 2. The highest BCUT2D eigenvalue weighted by Gasteiger charge is 2.18. The number of nitrogens with zero attached hydrogens (tertiary/aromatic N) is 4. The van der Waals surface area contributed by atoms with Gasteiger partial charge in [0.15, 0.2) is 0 Å². The van der Waals surface area contributed by atoms with Gasteiger partial charge in [0.1, 0.15) is 0 Å². The van der Waals surface area contributed by atoms with Gasteiger partial charge in [-0.2, -0.15) is 5.10 Å². The van der Waals surface area contributed by atoms with Crippen LogP contribution in [0.25, 0.3) is 0 Å². The minimum atomic E-state index is -0.189. The molecular weight excluding hydrogens is 340 g/mol. The summed E-state index contributed by atoms with van der Waals surface area (Å²) in [5, 5.41) is 10.4.